The molecule has 6 heteroatoms. The van der Waals surface area contributed by atoms with Gasteiger partial charge in [-0.1, -0.05) is 17.4 Å². The van der Waals surface area contributed by atoms with Gasteiger partial charge in [0.2, 0.25) is 0 Å². The molecule has 140 valence electrons. The lowest BCUT2D eigenvalue weighted by Gasteiger charge is -2.15. The van der Waals surface area contributed by atoms with Crippen LogP contribution in [0.2, 0.25) is 0 Å². The van der Waals surface area contributed by atoms with E-state index in [4.69, 9.17) is 10.00 Å². The van der Waals surface area contributed by atoms with Crippen molar-refractivity contribution in [3.8, 4) is 17.9 Å². The molecule has 1 saturated carbocycles. The monoisotopic (exact) mass is 366 g/mol. The van der Waals surface area contributed by atoms with Crippen LogP contribution in [0, 0.1) is 29.1 Å². The van der Waals surface area contributed by atoms with E-state index in [-0.39, 0.29) is 24.5 Å². The number of esters is 1. The third-order valence-electron chi connectivity index (χ3n) is 5.06. The topological polar surface area (TPSA) is 92.3 Å². The summed E-state index contributed by atoms with van der Waals surface area (Å²) in [6.07, 6.45) is 3.96. The van der Waals surface area contributed by atoms with Gasteiger partial charge in [0.1, 0.15) is 12.2 Å². The number of carbonyl (C=O) groups is 1. The maximum atomic E-state index is 12.6. The second kappa shape index (κ2) is 7.06. The molecule has 6 nitrogen and oxygen atoms in total. The molecular weight excluding hydrogens is 344 g/mol. The van der Waals surface area contributed by atoms with Crippen LogP contribution in [0.15, 0.2) is 16.6 Å². The fraction of sp³-hybridized carbons (Fsp3) is 0.476. The first-order valence-corrected chi connectivity index (χ1v) is 8.98. The molecule has 1 atom stereocenters. The van der Waals surface area contributed by atoms with Crippen molar-refractivity contribution in [2.24, 2.45) is 13.0 Å². The quantitative estimate of drug-likeness (QED) is 0.497. The van der Waals surface area contributed by atoms with Gasteiger partial charge in [-0.05, 0) is 32.6 Å². The zero-order valence-electron chi connectivity index (χ0n) is 15.8. The summed E-state index contributed by atoms with van der Waals surface area (Å²) in [6, 6.07) is 1.93. The summed E-state index contributed by atoms with van der Waals surface area (Å²) in [5.74, 6) is 5.52. The Hall–Kier alpha value is -2.83. The van der Waals surface area contributed by atoms with Crippen molar-refractivity contribution in [3.05, 3.63) is 38.8 Å². The normalized spacial score (nSPS) is 17.4. The Morgan fingerprint density at radius 2 is 2.19 bits per heavy atom. The van der Waals surface area contributed by atoms with E-state index in [1.54, 1.807) is 27.1 Å². The van der Waals surface area contributed by atoms with E-state index in [1.165, 1.54) is 4.57 Å². The SMILES string of the molecule is CC1=C(C(=O)OCCC#N)c2c(C#CC(C)(O)C3CC3)cn(C)c(=O)c2C1. The summed E-state index contributed by atoms with van der Waals surface area (Å²) < 4.78 is 6.64. The minimum absolute atomic E-state index is 0.00366. The highest BCUT2D eigenvalue weighted by Gasteiger charge is 2.39. The predicted octanol–water partition coefficient (Wildman–Crippen LogP) is 1.68. The van der Waals surface area contributed by atoms with E-state index >= 15 is 0 Å². The number of nitriles is 1. The van der Waals surface area contributed by atoms with E-state index < -0.39 is 11.6 Å². The third-order valence-corrected chi connectivity index (χ3v) is 5.06. The number of aromatic nitrogens is 1. The predicted molar refractivity (Wildman–Crippen MR) is 99.4 cm³/mol. The second-order valence-corrected chi connectivity index (χ2v) is 7.36. The summed E-state index contributed by atoms with van der Waals surface area (Å²) in [6.45, 7) is 3.49. The lowest BCUT2D eigenvalue weighted by atomic mass is 9.98. The van der Waals surface area contributed by atoms with Crippen LogP contribution in [0.5, 0.6) is 0 Å². The van der Waals surface area contributed by atoms with Gasteiger partial charge >= 0.3 is 5.97 Å². The van der Waals surface area contributed by atoms with Crippen molar-refractivity contribution in [3.63, 3.8) is 0 Å². The Kier molecular flexibility index (Phi) is 4.95. The first-order valence-electron chi connectivity index (χ1n) is 8.98. The van der Waals surface area contributed by atoms with E-state index in [0.29, 0.717) is 28.7 Å². The van der Waals surface area contributed by atoms with E-state index in [0.717, 1.165) is 18.4 Å². The fourth-order valence-electron chi connectivity index (χ4n) is 3.39. The van der Waals surface area contributed by atoms with Crippen LogP contribution in [0.25, 0.3) is 5.57 Å². The Bertz CT molecular complexity index is 992. The van der Waals surface area contributed by atoms with Crippen LogP contribution in [0.3, 0.4) is 0 Å². The van der Waals surface area contributed by atoms with Crippen molar-refractivity contribution >= 4 is 11.5 Å². The average Bonchev–Trinajstić information content (AvgIpc) is 3.41. The summed E-state index contributed by atoms with van der Waals surface area (Å²) in [7, 11) is 1.64. The van der Waals surface area contributed by atoms with Crippen molar-refractivity contribution in [1.82, 2.24) is 4.57 Å². The van der Waals surface area contributed by atoms with E-state index in [9.17, 15) is 14.7 Å². The minimum Gasteiger partial charge on any atom is -0.461 e. The molecule has 2 aliphatic rings. The Labute approximate surface area is 158 Å². The van der Waals surface area contributed by atoms with Gasteiger partial charge in [0.05, 0.1) is 18.1 Å². The number of hydrogen-bond acceptors (Lipinski definition) is 5. The zero-order valence-corrected chi connectivity index (χ0v) is 15.8. The highest BCUT2D eigenvalue weighted by atomic mass is 16.5. The zero-order chi connectivity index (χ0) is 19.8. The lowest BCUT2D eigenvalue weighted by molar-refractivity contribution is -0.136. The van der Waals surface area contributed by atoms with Gasteiger partial charge < -0.3 is 14.4 Å². The summed E-state index contributed by atoms with van der Waals surface area (Å²) in [5.41, 5.74) is 1.35. The summed E-state index contributed by atoms with van der Waals surface area (Å²) >= 11 is 0. The molecule has 2 aliphatic carbocycles. The van der Waals surface area contributed by atoms with Crippen molar-refractivity contribution in [1.29, 1.82) is 5.26 Å². The van der Waals surface area contributed by atoms with Gasteiger partial charge in [0.25, 0.3) is 5.56 Å². The van der Waals surface area contributed by atoms with Crippen LogP contribution < -0.4 is 5.56 Å². The average molecular weight is 366 g/mol. The summed E-state index contributed by atoms with van der Waals surface area (Å²) in [5, 5.41) is 19.1. The highest BCUT2D eigenvalue weighted by molar-refractivity contribution is 6.19. The Morgan fingerprint density at radius 1 is 1.48 bits per heavy atom. The molecule has 1 aromatic rings. The molecule has 0 saturated heterocycles. The number of pyridine rings is 1. The number of aliphatic hydroxyl groups is 1. The highest BCUT2D eigenvalue weighted by Crippen LogP contribution is 2.39. The van der Waals surface area contributed by atoms with Crippen molar-refractivity contribution in [2.75, 3.05) is 6.61 Å². The molecular formula is C21H22N2O4. The maximum absolute atomic E-state index is 12.6. The van der Waals surface area contributed by atoms with Gasteiger partial charge in [-0.15, -0.1) is 0 Å². The molecule has 3 rings (SSSR count). The van der Waals surface area contributed by atoms with Crippen LogP contribution in [-0.2, 0) is 23.0 Å². The summed E-state index contributed by atoms with van der Waals surface area (Å²) in [4.78, 5) is 25.1. The maximum Gasteiger partial charge on any atom is 0.338 e. The molecule has 1 N–H and O–H groups in total. The number of aryl methyl sites for hydroxylation is 1. The van der Waals surface area contributed by atoms with Gasteiger partial charge in [-0.2, -0.15) is 5.26 Å². The molecule has 0 aromatic carbocycles. The number of nitrogens with zero attached hydrogens (tertiary/aromatic N) is 2. The largest absolute Gasteiger partial charge is 0.461 e. The van der Waals surface area contributed by atoms with Gasteiger partial charge in [-0.25, -0.2) is 4.79 Å². The number of ether oxygens (including phenoxy) is 1. The molecule has 1 aromatic heterocycles. The van der Waals surface area contributed by atoms with E-state index in [1.807, 2.05) is 6.07 Å². The number of rotatable bonds is 4. The fourth-order valence-corrected chi connectivity index (χ4v) is 3.39. The molecule has 0 spiro atoms. The molecule has 0 aliphatic heterocycles. The number of fused-ring (bicyclic) bond motifs is 1. The van der Waals surface area contributed by atoms with Gasteiger partial charge in [0.15, 0.2) is 0 Å². The lowest BCUT2D eigenvalue weighted by Crippen LogP contribution is -2.25. The third kappa shape index (κ3) is 3.67. The number of allylic oxidation sites excluding steroid dienone is 1. The van der Waals surface area contributed by atoms with E-state index in [2.05, 4.69) is 11.8 Å². The van der Waals surface area contributed by atoms with Crippen LogP contribution >= 0.6 is 0 Å². The first kappa shape index (κ1) is 18.9. The van der Waals surface area contributed by atoms with Crippen LogP contribution in [0.1, 0.15) is 49.8 Å². The molecule has 1 unspecified atom stereocenters. The first-order chi connectivity index (χ1) is 12.8. The van der Waals surface area contributed by atoms with Crippen LogP contribution in [-0.4, -0.2) is 27.9 Å². The number of carbonyl (C=O) groups excluding carboxylic acids is 1. The number of hydrogen-bond donors (Lipinski definition) is 1. The molecule has 0 amide bonds. The molecule has 27 heavy (non-hydrogen) atoms. The molecule has 0 radical (unpaired) electrons. The second-order valence-electron chi connectivity index (χ2n) is 7.36. The van der Waals surface area contributed by atoms with Gasteiger partial charge in [-0.3, -0.25) is 4.79 Å². The molecule has 1 heterocycles. The van der Waals surface area contributed by atoms with Gasteiger partial charge in [0, 0.05) is 36.4 Å². The standard InChI is InChI=1S/C21H22N2O4/c1-13-11-16-18(17(13)20(25)27-10-4-9-22)14(12-23(3)19(16)24)7-8-21(2,26)15-5-6-15/h12,15,26H,4-6,10-11H2,1-3H3. The van der Waals surface area contributed by atoms with Crippen molar-refractivity contribution in [2.45, 2.75) is 45.1 Å². The Morgan fingerprint density at radius 3 is 2.81 bits per heavy atom. The smallest absolute Gasteiger partial charge is 0.338 e. The molecule has 0 bridgehead atoms. The Balaban J connectivity index is 2.05. The molecule has 1 fully saturated rings. The van der Waals surface area contributed by atoms with Crippen LogP contribution in [0.4, 0.5) is 0 Å². The van der Waals surface area contributed by atoms with Crippen molar-refractivity contribution < 1.29 is 14.6 Å². The minimum atomic E-state index is -1.09.